The molecule has 0 radical (unpaired) electrons. The number of hydrogen-bond donors (Lipinski definition) is 1. The van der Waals surface area contributed by atoms with Crippen LogP contribution in [0.2, 0.25) is 15.1 Å². The smallest absolute Gasteiger partial charge is 0.264 e. The van der Waals surface area contributed by atoms with Crippen molar-refractivity contribution in [1.82, 2.24) is 10.2 Å². The van der Waals surface area contributed by atoms with Crippen molar-refractivity contribution in [3.05, 3.63) is 92.9 Å². The van der Waals surface area contributed by atoms with Crippen molar-refractivity contribution in [2.75, 3.05) is 10.8 Å². The van der Waals surface area contributed by atoms with Gasteiger partial charge < -0.3 is 10.2 Å². The Morgan fingerprint density at radius 3 is 2.17 bits per heavy atom. The minimum atomic E-state index is -4.19. The topological polar surface area (TPSA) is 86.8 Å². The highest BCUT2D eigenvalue weighted by molar-refractivity contribution is 7.92. The fraction of sp³-hybridized carbons (Fsp3) is 0.333. The van der Waals surface area contributed by atoms with Crippen molar-refractivity contribution in [1.29, 1.82) is 0 Å². The number of rotatable bonds is 12. The zero-order valence-corrected chi connectivity index (χ0v) is 26.5. The summed E-state index contributed by atoms with van der Waals surface area (Å²) in [6.45, 7) is 6.92. The third kappa shape index (κ3) is 8.38. The average Bonchev–Trinajstić information content (AvgIpc) is 2.93. The van der Waals surface area contributed by atoms with Gasteiger partial charge in [-0.25, -0.2) is 8.42 Å². The monoisotopic (exact) mass is 637 g/mol. The van der Waals surface area contributed by atoms with Crippen molar-refractivity contribution >= 4 is 62.3 Å². The van der Waals surface area contributed by atoms with E-state index >= 15 is 0 Å². The number of halogens is 3. The number of nitrogens with one attached hydrogen (secondary N) is 1. The Labute approximate surface area is 257 Å². The van der Waals surface area contributed by atoms with E-state index in [9.17, 15) is 18.0 Å². The van der Waals surface area contributed by atoms with Gasteiger partial charge in [0.15, 0.2) is 0 Å². The SMILES string of the molecule is CC[C@@H](C)NC(=O)[C@@H](CC)N(Cc1ccc(Cl)c(Cl)c1)C(=O)CN(c1cccc(Cl)c1)S(=O)(=O)c1ccc(C)cc1. The number of amides is 2. The lowest BCUT2D eigenvalue weighted by Crippen LogP contribution is -2.53. The average molecular weight is 639 g/mol. The van der Waals surface area contributed by atoms with Crippen LogP contribution in [0.5, 0.6) is 0 Å². The number of hydrogen-bond acceptors (Lipinski definition) is 4. The maximum absolute atomic E-state index is 14.1. The Balaban J connectivity index is 2.08. The van der Waals surface area contributed by atoms with Crippen LogP contribution < -0.4 is 9.62 Å². The summed E-state index contributed by atoms with van der Waals surface area (Å²) in [5.41, 5.74) is 1.75. The fourth-order valence-corrected chi connectivity index (χ4v) is 6.10. The molecule has 41 heavy (non-hydrogen) atoms. The summed E-state index contributed by atoms with van der Waals surface area (Å²) in [6.07, 6.45) is 1.01. The van der Waals surface area contributed by atoms with Crippen molar-refractivity contribution in [3.8, 4) is 0 Å². The van der Waals surface area contributed by atoms with E-state index in [0.717, 1.165) is 9.87 Å². The quantitative estimate of drug-likeness (QED) is 0.235. The predicted octanol–water partition coefficient (Wildman–Crippen LogP) is 6.87. The van der Waals surface area contributed by atoms with Crippen LogP contribution in [-0.2, 0) is 26.2 Å². The number of aryl methyl sites for hydroxylation is 1. The van der Waals surface area contributed by atoms with Crippen LogP contribution in [0.4, 0.5) is 5.69 Å². The lowest BCUT2D eigenvalue weighted by Gasteiger charge is -2.33. The second kappa shape index (κ2) is 14.4. The maximum Gasteiger partial charge on any atom is 0.264 e. The van der Waals surface area contributed by atoms with Gasteiger partial charge in [0.05, 0.1) is 20.6 Å². The van der Waals surface area contributed by atoms with Gasteiger partial charge >= 0.3 is 0 Å². The third-order valence-corrected chi connectivity index (χ3v) is 9.47. The molecule has 0 aliphatic carbocycles. The normalized spacial score (nSPS) is 12.9. The van der Waals surface area contributed by atoms with Crippen LogP contribution in [-0.4, -0.2) is 43.8 Å². The van der Waals surface area contributed by atoms with Crippen LogP contribution in [0.1, 0.15) is 44.7 Å². The van der Waals surface area contributed by atoms with E-state index in [2.05, 4.69) is 5.32 Å². The summed E-state index contributed by atoms with van der Waals surface area (Å²) in [4.78, 5) is 28.9. The molecule has 0 heterocycles. The molecule has 11 heteroatoms. The molecule has 0 saturated carbocycles. The number of anilines is 1. The molecule has 2 atom stereocenters. The molecule has 0 saturated heterocycles. The highest BCUT2D eigenvalue weighted by Gasteiger charge is 2.34. The van der Waals surface area contributed by atoms with Crippen molar-refractivity contribution < 1.29 is 18.0 Å². The molecule has 1 N–H and O–H groups in total. The van der Waals surface area contributed by atoms with E-state index in [1.807, 2.05) is 20.8 Å². The van der Waals surface area contributed by atoms with E-state index in [4.69, 9.17) is 34.8 Å². The van der Waals surface area contributed by atoms with Crippen molar-refractivity contribution in [2.45, 2.75) is 64.1 Å². The first-order valence-electron chi connectivity index (χ1n) is 13.3. The fourth-order valence-electron chi connectivity index (χ4n) is 4.19. The van der Waals surface area contributed by atoms with Gasteiger partial charge in [0.1, 0.15) is 12.6 Å². The molecule has 0 bridgehead atoms. The number of sulfonamides is 1. The maximum atomic E-state index is 14.1. The second-order valence-corrected chi connectivity index (χ2v) is 12.9. The largest absolute Gasteiger partial charge is 0.352 e. The van der Waals surface area contributed by atoms with Gasteiger partial charge in [0.2, 0.25) is 11.8 Å². The van der Waals surface area contributed by atoms with Gasteiger partial charge in [-0.05, 0) is 74.7 Å². The summed E-state index contributed by atoms with van der Waals surface area (Å²) in [7, 11) is -4.19. The predicted molar refractivity (Wildman–Crippen MR) is 166 cm³/mol. The third-order valence-electron chi connectivity index (χ3n) is 6.71. The van der Waals surface area contributed by atoms with E-state index in [-0.39, 0.29) is 29.1 Å². The minimum absolute atomic E-state index is 0.0100. The van der Waals surface area contributed by atoms with Crippen LogP contribution in [0.3, 0.4) is 0 Å². The summed E-state index contributed by atoms with van der Waals surface area (Å²) in [6, 6.07) is 16.6. The molecule has 3 aromatic rings. The minimum Gasteiger partial charge on any atom is -0.352 e. The van der Waals surface area contributed by atoms with E-state index < -0.39 is 28.5 Å². The summed E-state index contributed by atoms with van der Waals surface area (Å²) in [5, 5.41) is 3.91. The first-order chi connectivity index (χ1) is 19.4. The molecule has 0 aromatic heterocycles. The van der Waals surface area contributed by atoms with Gasteiger partial charge in [-0.2, -0.15) is 0 Å². The standard InChI is InChI=1S/C30H34Cl3N3O4S/c1-5-21(4)34-30(38)28(6-2)35(18-22-12-15-26(32)27(33)16-22)29(37)19-36(24-9-7-8-23(31)17-24)41(39,40)25-13-10-20(3)11-14-25/h7-17,21,28H,5-6,18-19H2,1-4H3,(H,34,38)/t21-,28-/m1/s1. The van der Waals surface area contributed by atoms with Gasteiger partial charge in [-0.3, -0.25) is 13.9 Å². The molecule has 0 aliphatic heterocycles. The molecule has 3 rings (SSSR count). The first kappa shape index (κ1) is 32.7. The molecular formula is C30H34Cl3N3O4S. The van der Waals surface area contributed by atoms with Gasteiger partial charge in [-0.1, -0.05) is 78.5 Å². The Bertz CT molecular complexity index is 1480. The summed E-state index contributed by atoms with van der Waals surface area (Å²) in [5.74, 6) is -0.899. The molecule has 0 aliphatic rings. The Hall–Kier alpha value is -2.78. The van der Waals surface area contributed by atoms with Gasteiger partial charge in [0, 0.05) is 17.6 Å². The van der Waals surface area contributed by atoms with Crippen LogP contribution in [0, 0.1) is 6.92 Å². The molecule has 2 amide bonds. The van der Waals surface area contributed by atoms with E-state index in [1.165, 1.54) is 23.1 Å². The Morgan fingerprint density at radius 1 is 0.902 bits per heavy atom. The zero-order chi connectivity index (χ0) is 30.3. The first-order valence-corrected chi connectivity index (χ1v) is 15.8. The van der Waals surface area contributed by atoms with Crippen LogP contribution in [0.15, 0.2) is 71.6 Å². The van der Waals surface area contributed by atoms with Crippen LogP contribution in [0.25, 0.3) is 0 Å². The molecular weight excluding hydrogens is 605 g/mol. The molecule has 220 valence electrons. The van der Waals surface area contributed by atoms with Gasteiger partial charge in [-0.15, -0.1) is 0 Å². The molecule has 3 aromatic carbocycles. The van der Waals surface area contributed by atoms with E-state index in [1.54, 1.807) is 55.5 Å². The number of carbonyl (C=O) groups excluding carboxylic acids is 2. The molecule has 0 spiro atoms. The summed E-state index contributed by atoms with van der Waals surface area (Å²) < 4.78 is 28.8. The number of carbonyl (C=O) groups is 2. The number of nitrogens with zero attached hydrogens (tertiary/aromatic N) is 2. The highest BCUT2D eigenvalue weighted by atomic mass is 35.5. The highest BCUT2D eigenvalue weighted by Crippen LogP contribution is 2.28. The molecule has 0 fully saturated rings. The van der Waals surface area contributed by atoms with Crippen molar-refractivity contribution in [3.63, 3.8) is 0 Å². The van der Waals surface area contributed by atoms with Crippen molar-refractivity contribution in [2.24, 2.45) is 0 Å². The lowest BCUT2D eigenvalue weighted by atomic mass is 10.1. The van der Waals surface area contributed by atoms with Crippen LogP contribution >= 0.6 is 34.8 Å². The zero-order valence-electron chi connectivity index (χ0n) is 23.4. The summed E-state index contributed by atoms with van der Waals surface area (Å²) >= 11 is 18.6. The number of benzene rings is 3. The molecule has 0 unspecified atom stereocenters. The van der Waals surface area contributed by atoms with E-state index in [0.29, 0.717) is 33.5 Å². The second-order valence-electron chi connectivity index (χ2n) is 9.82. The van der Waals surface area contributed by atoms with Gasteiger partial charge in [0.25, 0.3) is 10.0 Å². The lowest BCUT2D eigenvalue weighted by molar-refractivity contribution is -0.140. The molecule has 7 nitrogen and oxygen atoms in total. The Morgan fingerprint density at radius 2 is 1.59 bits per heavy atom. The Kier molecular flexibility index (Phi) is 11.5.